The topological polar surface area (TPSA) is 112 Å². The van der Waals surface area contributed by atoms with Gasteiger partial charge in [0.15, 0.2) is 11.5 Å². The zero-order valence-electron chi connectivity index (χ0n) is 21.8. The fourth-order valence-corrected chi connectivity index (χ4v) is 4.59. The molecule has 1 fully saturated rings. The highest BCUT2D eigenvalue weighted by atomic mass is 16.5. The van der Waals surface area contributed by atoms with Gasteiger partial charge in [0.05, 0.1) is 45.9 Å². The molecule has 1 aliphatic rings. The van der Waals surface area contributed by atoms with E-state index in [1.807, 2.05) is 17.7 Å². The van der Waals surface area contributed by atoms with E-state index in [-0.39, 0.29) is 17.9 Å². The number of hydrogen-bond donors (Lipinski definition) is 1. The van der Waals surface area contributed by atoms with E-state index in [2.05, 4.69) is 4.98 Å². The quantitative estimate of drug-likeness (QED) is 0.230. The summed E-state index contributed by atoms with van der Waals surface area (Å²) in [7, 11) is 4.47. The number of nitrogens with zero attached hydrogens (tertiary/aromatic N) is 3. The highest BCUT2D eigenvalue weighted by Crippen LogP contribution is 2.45. The maximum atomic E-state index is 13.4. The monoisotopic (exact) mass is 521 g/mol. The third-order valence-corrected chi connectivity index (χ3v) is 6.36. The number of Topliss-reactive ketones (excluding diaryl/α,β-unsaturated/α-hetero) is 1. The van der Waals surface area contributed by atoms with Gasteiger partial charge in [0.2, 0.25) is 5.75 Å². The molecule has 4 rings (SSSR count). The number of ketones is 1. The first-order valence-electron chi connectivity index (χ1n) is 12.2. The van der Waals surface area contributed by atoms with Gasteiger partial charge in [0.1, 0.15) is 11.5 Å². The number of carbonyl (C=O) groups is 2. The number of imidazole rings is 1. The van der Waals surface area contributed by atoms with Gasteiger partial charge in [-0.05, 0) is 55.3 Å². The Morgan fingerprint density at radius 2 is 1.68 bits per heavy atom. The number of rotatable bonds is 11. The standard InChI is InChI=1S/C28H31N3O7/c1-5-38-20-9-7-18(8-10-20)25(32)23-24(19-15-21(35-2)27(37-4)22(16-19)36-3)31(28(34)26(23)33)13-6-12-30-14-11-29-17-30/h7-11,14-17,24,32H,5-6,12-13H2,1-4H3/b25-23+. The Kier molecular flexibility index (Phi) is 8.20. The van der Waals surface area contributed by atoms with Crippen LogP contribution in [0.4, 0.5) is 0 Å². The minimum Gasteiger partial charge on any atom is -0.507 e. The number of likely N-dealkylation sites (tertiary alicyclic amines) is 1. The lowest BCUT2D eigenvalue weighted by Crippen LogP contribution is -2.31. The van der Waals surface area contributed by atoms with Gasteiger partial charge in [-0.25, -0.2) is 4.98 Å². The van der Waals surface area contributed by atoms with Crippen molar-refractivity contribution in [2.24, 2.45) is 0 Å². The lowest BCUT2D eigenvalue weighted by Gasteiger charge is -2.26. The summed E-state index contributed by atoms with van der Waals surface area (Å²) in [6.45, 7) is 3.24. The molecule has 1 saturated heterocycles. The van der Waals surface area contributed by atoms with E-state index in [4.69, 9.17) is 18.9 Å². The zero-order chi connectivity index (χ0) is 27.2. The van der Waals surface area contributed by atoms with Crippen LogP contribution in [0.25, 0.3) is 5.76 Å². The fraction of sp³-hybridized carbons (Fsp3) is 0.321. The van der Waals surface area contributed by atoms with Crippen molar-refractivity contribution in [3.8, 4) is 23.0 Å². The SMILES string of the molecule is CCOc1ccc(/C(O)=C2\C(=O)C(=O)N(CCCn3ccnc3)C2c2cc(OC)c(OC)c(OC)c2)cc1. The zero-order valence-corrected chi connectivity index (χ0v) is 21.8. The van der Waals surface area contributed by atoms with Gasteiger partial charge >= 0.3 is 0 Å². The third kappa shape index (κ3) is 5.15. The van der Waals surface area contributed by atoms with Gasteiger partial charge in [-0.15, -0.1) is 0 Å². The van der Waals surface area contributed by atoms with E-state index in [0.29, 0.717) is 53.7 Å². The molecule has 0 saturated carbocycles. The van der Waals surface area contributed by atoms with Crippen LogP contribution in [-0.2, 0) is 16.1 Å². The van der Waals surface area contributed by atoms with Crippen LogP contribution in [-0.4, -0.2) is 65.7 Å². The van der Waals surface area contributed by atoms with Crippen LogP contribution in [0, 0.1) is 0 Å². The predicted molar refractivity (Wildman–Crippen MR) is 140 cm³/mol. The van der Waals surface area contributed by atoms with Crippen molar-refractivity contribution in [2.75, 3.05) is 34.5 Å². The van der Waals surface area contributed by atoms with E-state index in [0.717, 1.165) is 0 Å². The van der Waals surface area contributed by atoms with Crippen molar-refractivity contribution >= 4 is 17.4 Å². The number of aliphatic hydroxyl groups is 1. The van der Waals surface area contributed by atoms with Crippen molar-refractivity contribution in [2.45, 2.75) is 25.9 Å². The van der Waals surface area contributed by atoms with Crippen LogP contribution >= 0.6 is 0 Å². The molecule has 1 amide bonds. The number of aliphatic hydroxyl groups excluding tert-OH is 1. The lowest BCUT2D eigenvalue weighted by atomic mass is 9.94. The normalized spacial score (nSPS) is 16.5. The Morgan fingerprint density at radius 1 is 1.00 bits per heavy atom. The molecule has 2 heterocycles. The summed E-state index contributed by atoms with van der Waals surface area (Å²) in [5.41, 5.74) is 0.909. The van der Waals surface area contributed by atoms with E-state index in [1.54, 1.807) is 48.9 Å². The number of methoxy groups -OCH3 is 3. The molecule has 0 bridgehead atoms. The molecule has 38 heavy (non-hydrogen) atoms. The predicted octanol–water partition coefficient (Wildman–Crippen LogP) is 3.82. The first-order chi connectivity index (χ1) is 18.4. The first kappa shape index (κ1) is 26.6. The van der Waals surface area contributed by atoms with Crippen LogP contribution in [0.2, 0.25) is 0 Å². The Hall–Kier alpha value is -4.47. The van der Waals surface area contributed by atoms with E-state index in [1.165, 1.54) is 26.2 Å². The molecule has 1 aliphatic heterocycles. The molecule has 1 atom stereocenters. The molecule has 1 N–H and O–H groups in total. The largest absolute Gasteiger partial charge is 0.507 e. The number of aromatic nitrogens is 2. The van der Waals surface area contributed by atoms with Gasteiger partial charge in [-0.1, -0.05) is 0 Å². The minimum absolute atomic E-state index is 0.0175. The Bertz CT molecular complexity index is 1290. The van der Waals surface area contributed by atoms with Crippen molar-refractivity contribution in [3.05, 3.63) is 71.8 Å². The van der Waals surface area contributed by atoms with Crippen molar-refractivity contribution in [1.82, 2.24) is 14.5 Å². The number of carbonyl (C=O) groups excluding carboxylic acids is 2. The van der Waals surface area contributed by atoms with Gasteiger partial charge in [-0.3, -0.25) is 9.59 Å². The Labute approximate surface area is 221 Å². The summed E-state index contributed by atoms with van der Waals surface area (Å²) in [6.07, 6.45) is 5.76. The molecule has 0 spiro atoms. The summed E-state index contributed by atoms with van der Waals surface area (Å²) in [5, 5.41) is 11.3. The maximum Gasteiger partial charge on any atom is 0.295 e. The smallest absolute Gasteiger partial charge is 0.295 e. The molecule has 10 nitrogen and oxygen atoms in total. The second kappa shape index (κ2) is 11.7. The summed E-state index contributed by atoms with van der Waals surface area (Å²) in [4.78, 5) is 32.2. The fourth-order valence-electron chi connectivity index (χ4n) is 4.59. The number of hydrogen-bond acceptors (Lipinski definition) is 8. The molecule has 1 aromatic heterocycles. The molecule has 0 radical (unpaired) electrons. The molecule has 3 aromatic rings. The van der Waals surface area contributed by atoms with Gasteiger partial charge < -0.3 is 33.5 Å². The number of benzene rings is 2. The van der Waals surface area contributed by atoms with Crippen LogP contribution in [0.15, 0.2) is 60.7 Å². The second-order valence-corrected chi connectivity index (χ2v) is 8.56. The number of amides is 1. The van der Waals surface area contributed by atoms with Crippen LogP contribution in [0.5, 0.6) is 23.0 Å². The van der Waals surface area contributed by atoms with Gasteiger partial charge in [0.25, 0.3) is 11.7 Å². The minimum atomic E-state index is -0.877. The molecule has 0 aliphatic carbocycles. The number of aryl methyl sites for hydroxylation is 1. The summed E-state index contributed by atoms with van der Waals surface area (Å²) < 4.78 is 23.9. The lowest BCUT2D eigenvalue weighted by molar-refractivity contribution is -0.139. The van der Waals surface area contributed by atoms with E-state index in [9.17, 15) is 14.7 Å². The van der Waals surface area contributed by atoms with E-state index >= 15 is 0 Å². The molecule has 1 unspecified atom stereocenters. The van der Waals surface area contributed by atoms with Crippen LogP contribution in [0.3, 0.4) is 0 Å². The highest BCUT2D eigenvalue weighted by Gasteiger charge is 2.46. The molecule has 10 heteroatoms. The van der Waals surface area contributed by atoms with Crippen LogP contribution < -0.4 is 18.9 Å². The van der Waals surface area contributed by atoms with Crippen molar-refractivity contribution < 1.29 is 33.6 Å². The number of ether oxygens (including phenoxy) is 4. The summed E-state index contributed by atoms with van der Waals surface area (Å²) in [5.74, 6) is 0.00763. The molecular formula is C28H31N3O7. The van der Waals surface area contributed by atoms with Gasteiger partial charge in [-0.2, -0.15) is 0 Å². The first-order valence-corrected chi connectivity index (χ1v) is 12.2. The molecule has 2 aromatic carbocycles. The highest BCUT2D eigenvalue weighted by molar-refractivity contribution is 6.46. The Balaban J connectivity index is 1.81. The van der Waals surface area contributed by atoms with Crippen LogP contribution in [0.1, 0.15) is 30.5 Å². The summed E-state index contributed by atoms with van der Waals surface area (Å²) in [6, 6.07) is 9.21. The second-order valence-electron chi connectivity index (χ2n) is 8.56. The molecular weight excluding hydrogens is 490 g/mol. The summed E-state index contributed by atoms with van der Waals surface area (Å²) >= 11 is 0. The van der Waals surface area contributed by atoms with E-state index < -0.39 is 17.7 Å². The van der Waals surface area contributed by atoms with Crippen molar-refractivity contribution in [1.29, 1.82) is 0 Å². The van der Waals surface area contributed by atoms with Crippen molar-refractivity contribution in [3.63, 3.8) is 0 Å². The maximum absolute atomic E-state index is 13.4. The average molecular weight is 522 g/mol. The molecule has 200 valence electrons. The third-order valence-electron chi connectivity index (χ3n) is 6.36. The Morgan fingerprint density at radius 3 is 2.24 bits per heavy atom. The van der Waals surface area contributed by atoms with Gasteiger partial charge in [0, 0.05) is 31.0 Å². The average Bonchev–Trinajstić information content (AvgIpc) is 3.54.